The highest BCUT2D eigenvalue weighted by molar-refractivity contribution is 5.83. The Bertz CT molecular complexity index is 459. The number of nitrogens with zero attached hydrogens (tertiary/aromatic N) is 1. The number of carbonyl (C=O) groups is 1. The molecule has 2 heterocycles. The standard InChI is InChI=1S/C11H12N2O/c1-8(14)2-3-9-6-13-11-7-12-5-4-10(9)11/h4-7,13H,2-3H2,1H3. The molecule has 2 rings (SSSR count). The van der Waals surface area contributed by atoms with Crippen LogP contribution in [0.1, 0.15) is 18.9 Å². The first-order chi connectivity index (χ1) is 6.77. The van der Waals surface area contributed by atoms with Crippen molar-refractivity contribution < 1.29 is 4.79 Å². The zero-order valence-electron chi connectivity index (χ0n) is 8.08. The fourth-order valence-corrected chi connectivity index (χ4v) is 1.55. The first-order valence-corrected chi connectivity index (χ1v) is 4.67. The molecule has 0 spiro atoms. The van der Waals surface area contributed by atoms with Crippen molar-refractivity contribution in [1.82, 2.24) is 9.97 Å². The van der Waals surface area contributed by atoms with E-state index < -0.39 is 0 Å². The Hall–Kier alpha value is -1.64. The first kappa shape index (κ1) is 8.94. The number of rotatable bonds is 3. The molecule has 2 aromatic rings. The van der Waals surface area contributed by atoms with E-state index >= 15 is 0 Å². The van der Waals surface area contributed by atoms with Crippen LogP contribution in [0.15, 0.2) is 24.7 Å². The van der Waals surface area contributed by atoms with Crippen LogP contribution in [0.2, 0.25) is 0 Å². The Balaban J connectivity index is 2.29. The van der Waals surface area contributed by atoms with Gasteiger partial charge in [0.25, 0.3) is 0 Å². The van der Waals surface area contributed by atoms with Gasteiger partial charge in [-0.15, -0.1) is 0 Å². The van der Waals surface area contributed by atoms with Gasteiger partial charge < -0.3 is 9.78 Å². The molecule has 0 unspecified atom stereocenters. The molecule has 0 bridgehead atoms. The average Bonchev–Trinajstić information content (AvgIpc) is 2.58. The van der Waals surface area contributed by atoms with Crippen molar-refractivity contribution in [3.63, 3.8) is 0 Å². The van der Waals surface area contributed by atoms with Crippen molar-refractivity contribution in [1.29, 1.82) is 0 Å². The minimum Gasteiger partial charge on any atom is -0.360 e. The van der Waals surface area contributed by atoms with Crippen molar-refractivity contribution >= 4 is 16.7 Å². The molecule has 0 aliphatic heterocycles. The SMILES string of the molecule is CC(=O)CCc1c[nH]c2cnccc12. The number of fused-ring (bicyclic) bond motifs is 1. The summed E-state index contributed by atoms with van der Waals surface area (Å²) in [5.41, 5.74) is 2.23. The van der Waals surface area contributed by atoms with E-state index in [0.717, 1.165) is 11.9 Å². The summed E-state index contributed by atoms with van der Waals surface area (Å²) in [6.07, 6.45) is 6.93. The second-order valence-corrected chi connectivity index (χ2v) is 3.44. The van der Waals surface area contributed by atoms with E-state index in [0.29, 0.717) is 6.42 Å². The summed E-state index contributed by atoms with van der Waals surface area (Å²) in [5.74, 6) is 0.230. The number of hydrogen-bond acceptors (Lipinski definition) is 2. The van der Waals surface area contributed by atoms with E-state index in [1.807, 2.05) is 12.3 Å². The molecule has 0 fully saturated rings. The predicted molar refractivity (Wildman–Crippen MR) is 55.1 cm³/mol. The summed E-state index contributed by atoms with van der Waals surface area (Å²) >= 11 is 0. The summed E-state index contributed by atoms with van der Waals surface area (Å²) in [4.78, 5) is 18.0. The fraction of sp³-hybridized carbons (Fsp3) is 0.273. The number of aromatic amines is 1. The topological polar surface area (TPSA) is 45.8 Å². The third kappa shape index (κ3) is 1.66. The molecule has 2 aromatic heterocycles. The lowest BCUT2D eigenvalue weighted by atomic mass is 10.1. The van der Waals surface area contributed by atoms with Crippen LogP contribution in [0.5, 0.6) is 0 Å². The van der Waals surface area contributed by atoms with Crippen molar-refractivity contribution in [3.8, 4) is 0 Å². The lowest BCUT2D eigenvalue weighted by Crippen LogP contribution is -1.92. The van der Waals surface area contributed by atoms with Gasteiger partial charge in [0, 0.05) is 24.2 Å². The number of H-pyrrole nitrogens is 1. The molecule has 0 aromatic carbocycles. The number of Topliss-reactive ketones (excluding diaryl/α,β-unsaturated/α-hetero) is 1. The number of nitrogens with one attached hydrogen (secondary N) is 1. The van der Waals surface area contributed by atoms with Crippen molar-refractivity contribution in [2.75, 3.05) is 0 Å². The molecule has 14 heavy (non-hydrogen) atoms. The molecular weight excluding hydrogens is 176 g/mol. The van der Waals surface area contributed by atoms with Gasteiger partial charge in [0.1, 0.15) is 5.78 Å². The zero-order chi connectivity index (χ0) is 9.97. The van der Waals surface area contributed by atoms with Gasteiger partial charge in [0.15, 0.2) is 0 Å². The molecule has 0 saturated heterocycles. The van der Waals surface area contributed by atoms with Crippen molar-refractivity contribution in [2.24, 2.45) is 0 Å². The summed E-state index contributed by atoms with van der Waals surface area (Å²) in [7, 11) is 0. The molecule has 0 radical (unpaired) electrons. The van der Waals surface area contributed by atoms with Gasteiger partial charge in [-0.2, -0.15) is 0 Å². The predicted octanol–water partition coefficient (Wildman–Crippen LogP) is 2.08. The maximum atomic E-state index is 10.9. The van der Waals surface area contributed by atoms with Crippen LogP contribution in [0.25, 0.3) is 10.9 Å². The summed E-state index contributed by atoms with van der Waals surface area (Å²) < 4.78 is 0. The molecule has 0 aliphatic rings. The lowest BCUT2D eigenvalue weighted by Gasteiger charge is -1.95. The average molecular weight is 188 g/mol. The fourth-order valence-electron chi connectivity index (χ4n) is 1.55. The number of ketones is 1. The second kappa shape index (κ2) is 3.62. The monoisotopic (exact) mass is 188 g/mol. The van der Waals surface area contributed by atoms with Crippen molar-refractivity contribution in [2.45, 2.75) is 19.8 Å². The van der Waals surface area contributed by atoms with Gasteiger partial charge in [-0.3, -0.25) is 4.98 Å². The van der Waals surface area contributed by atoms with Gasteiger partial charge in [0.2, 0.25) is 0 Å². The molecular formula is C11H12N2O. The minimum atomic E-state index is 0.230. The Morgan fingerprint density at radius 3 is 3.21 bits per heavy atom. The van der Waals surface area contributed by atoms with Gasteiger partial charge in [-0.1, -0.05) is 0 Å². The zero-order valence-corrected chi connectivity index (χ0v) is 8.08. The largest absolute Gasteiger partial charge is 0.360 e. The number of aromatic nitrogens is 2. The number of pyridine rings is 1. The maximum absolute atomic E-state index is 10.9. The molecule has 0 atom stereocenters. The molecule has 0 amide bonds. The smallest absolute Gasteiger partial charge is 0.130 e. The summed E-state index contributed by atoms with van der Waals surface area (Å²) in [6.45, 7) is 1.62. The third-order valence-corrected chi connectivity index (χ3v) is 2.32. The summed E-state index contributed by atoms with van der Waals surface area (Å²) in [6, 6.07) is 1.97. The number of carbonyl (C=O) groups excluding carboxylic acids is 1. The number of hydrogen-bond donors (Lipinski definition) is 1. The van der Waals surface area contributed by atoms with Crippen molar-refractivity contribution in [3.05, 3.63) is 30.2 Å². The first-order valence-electron chi connectivity index (χ1n) is 4.67. The van der Waals surface area contributed by atoms with Gasteiger partial charge >= 0.3 is 0 Å². The molecule has 3 heteroatoms. The van der Waals surface area contributed by atoms with Crippen LogP contribution >= 0.6 is 0 Å². The second-order valence-electron chi connectivity index (χ2n) is 3.44. The van der Waals surface area contributed by atoms with Crippen LogP contribution in [0.4, 0.5) is 0 Å². The van der Waals surface area contributed by atoms with E-state index in [9.17, 15) is 4.79 Å². The van der Waals surface area contributed by atoms with E-state index in [1.165, 1.54) is 10.9 Å². The van der Waals surface area contributed by atoms with E-state index in [-0.39, 0.29) is 5.78 Å². The van der Waals surface area contributed by atoms with Crippen LogP contribution in [-0.4, -0.2) is 15.8 Å². The Morgan fingerprint density at radius 1 is 1.57 bits per heavy atom. The third-order valence-electron chi connectivity index (χ3n) is 2.32. The van der Waals surface area contributed by atoms with E-state index in [4.69, 9.17) is 0 Å². The lowest BCUT2D eigenvalue weighted by molar-refractivity contribution is -0.116. The normalized spacial score (nSPS) is 10.6. The molecule has 0 aliphatic carbocycles. The quantitative estimate of drug-likeness (QED) is 0.801. The minimum absolute atomic E-state index is 0.230. The molecule has 72 valence electrons. The van der Waals surface area contributed by atoms with Crippen LogP contribution in [0, 0.1) is 0 Å². The van der Waals surface area contributed by atoms with E-state index in [2.05, 4.69) is 9.97 Å². The number of aryl methyl sites for hydroxylation is 1. The Kier molecular flexibility index (Phi) is 2.31. The molecule has 0 saturated carbocycles. The highest BCUT2D eigenvalue weighted by Crippen LogP contribution is 2.17. The summed E-state index contributed by atoms with van der Waals surface area (Å²) in [5, 5.41) is 1.17. The van der Waals surface area contributed by atoms with Crippen LogP contribution in [-0.2, 0) is 11.2 Å². The van der Waals surface area contributed by atoms with Gasteiger partial charge in [-0.05, 0) is 25.0 Å². The molecule has 3 nitrogen and oxygen atoms in total. The van der Waals surface area contributed by atoms with Gasteiger partial charge in [-0.25, -0.2) is 0 Å². The molecule has 1 N–H and O–H groups in total. The van der Waals surface area contributed by atoms with E-state index in [1.54, 1.807) is 19.3 Å². The Morgan fingerprint density at radius 2 is 2.43 bits per heavy atom. The maximum Gasteiger partial charge on any atom is 0.130 e. The van der Waals surface area contributed by atoms with Crippen LogP contribution < -0.4 is 0 Å². The Labute approximate surface area is 82.2 Å². The highest BCUT2D eigenvalue weighted by atomic mass is 16.1. The van der Waals surface area contributed by atoms with Gasteiger partial charge in [0.05, 0.1) is 11.7 Å². The highest BCUT2D eigenvalue weighted by Gasteiger charge is 2.03. The van der Waals surface area contributed by atoms with Crippen LogP contribution in [0.3, 0.4) is 0 Å².